The summed E-state index contributed by atoms with van der Waals surface area (Å²) in [6, 6.07) is 11.4. The van der Waals surface area contributed by atoms with Gasteiger partial charge in [-0.1, -0.05) is 30.0 Å². The molecule has 0 radical (unpaired) electrons. The minimum atomic E-state index is -1.14. The minimum Gasteiger partial charge on any atom is -0.481 e. The number of hydrazine groups is 1. The Morgan fingerprint density at radius 3 is 2.55 bits per heavy atom. The summed E-state index contributed by atoms with van der Waals surface area (Å²) in [5.74, 6) is -2.13. The Kier molecular flexibility index (Phi) is 6.62. The first-order valence-electron chi connectivity index (χ1n) is 8.53. The molecule has 2 amide bonds. The van der Waals surface area contributed by atoms with E-state index >= 15 is 0 Å². The number of ether oxygens (including phenoxy) is 1. The highest BCUT2D eigenvalue weighted by molar-refractivity contribution is 8.26. The highest BCUT2D eigenvalue weighted by Crippen LogP contribution is 2.33. The van der Waals surface area contributed by atoms with Gasteiger partial charge >= 0.3 is 5.97 Å². The highest BCUT2D eigenvalue weighted by atomic mass is 32.2. The summed E-state index contributed by atoms with van der Waals surface area (Å²) in [6.45, 7) is -0.545. The molecule has 0 aliphatic carbocycles. The predicted molar refractivity (Wildman–Crippen MR) is 115 cm³/mol. The lowest BCUT2D eigenvalue weighted by molar-refractivity contribution is -0.384. The maximum Gasteiger partial charge on any atom is 0.341 e. The van der Waals surface area contributed by atoms with Crippen molar-refractivity contribution in [3.63, 3.8) is 0 Å². The van der Waals surface area contributed by atoms with Crippen molar-refractivity contribution in [3.05, 3.63) is 74.7 Å². The summed E-state index contributed by atoms with van der Waals surface area (Å²) >= 11 is 6.11. The average Bonchev–Trinajstić information content (AvgIpc) is 3.00. The lowest BCUT2D eigenvalue weighted by atomic mass is 10.2. The number of non-ortho nitro benzene ring substituents is 1. The molecule has 2 aromatic carbocycles. The van der Waals surface area contributed by atoms with Crippen molar-refractivity contribution >= 4 is 57.8 Å². The van der Waals surface area contributed by atoms with Gasteiger partial charge in [-0.15, -0.1) is 0 Å². The first kappa shape index (κ1) is 21.9. The number of amides is 2. The molecule has 31 heavy (non-hydrogen) atoms. The molecule has 0 unspecified atom stereocenters. The van der Waals surface area contributed by atoms with Crippen LogP contribution in [0.4, 0.5) is 5.69 Å². The van der Waals surface area contributed by atoms with Gasteiger partial charge in [-0.2, -0.15) is 5.01 Å². The van der Waals surface area contributed by atoms with E-state index in [0.717, 1.165) is 16.8 Å². The van der Waals surface area contributed by atoms with E-state index in [1.807, 2.05) is 0 Å². The molecule has 0 spiro atoms. The van der Waals surface area contributed by atoms with Gasteiger partial charge in [-0.3, -0.25) is 25.1 Å². The standard InChI is InChI=1S/C19H13N3O7S2/c23-16(24)10-29-14-4-2-1-3-12(14)9-15-18(26)21(19(30)31-15)20-17(25)11-5-7-13(8-6-11)22(27)28/h1-9H,10H2,(H,20,25)(H,23,24)/b15-9+. The van der Waals surface area contributed by atoms with Crippen molar-refractivity contribution < 1.29 is 29.2 Å². The van der Waals surface area contributed by atoms with Gasteiger partial charge in [0.25, 0.3) is 17.5 Å². The van der Waals surface area contributed by atoms with Crippen molar-refractivity contribution in [2.24, 2.45) is 0 Å². The molecule has 2 aromatic rings. The monoisotopic (exact) mass is 459 g/mol. The smallest absolute Gasteiger partial charge is 0.341 e. The normalized spacial score (nSPS) is 14.6. The first-order chi connectivity index (χ1) is 14.8. The summed E-state index contributed by atoms with van der Waals surface area (Å²) in [6.07, 6.45) is 1.48. The van der Waals surface area contributed by atoms with Crippen LogP contribution in [-0.4, -0.2) is 43.7 Å². The maximum absolute atomic E-state index is 12.7. The number of nitro benzene ring substituents is 1. The van der Waals surface area contributed by atoms with E-state index in [-0.39, 0.29) is 26.2 Å². The fourth-order valence-electron chi connectivity index (χ4n) is 2.48. The second-order valence-electron chi connectivity index (χ2n) is 5.98. The van der Waals surface area contributed by atoms with Crippen molar-refractivity contribution in [3.8, 4) is 5.75 Å². The largest absolute Gasteiger partial charge is 0.481 e. The van der Waals surface area contributed by atoms with E-state index in [2.05, 4.69) is 5.43 Å². The molecule has 1 aliphatic heterocycles. The average molecular weight is 459 g/mol. The Hall–Kier alpha value is -3.77. The molecule has 1 heterocycles. The number of carbonyl (C=O) groups excluding carboxylic acids is 2. The number of thioether (sulfide) groups is 1. The van der Waals surface area contributed by atoms with Crippen molar-refractivity contribution in [1.82, 2.24) is 10.4 Å². The fraction of sp³-hybridized carbons (Fsp3) is 0.0526. The van der Waals surface area contributed by atoms with Gasteiger partial charge in [-0.25, -0.2) is 4.79 Å². The number of hydrogen-bond donors (Lipinski definition) is 2. The number of carboxylic acid groups (broad SMARTS) is 1. The Bertz CT molecular complexity index is 1120. The van der Waals surface area contributed by atoms with E-state index in [9.17, 15) is 24.5 Å². The van der Waals surface area contributed by atoms with Crippen LogP contribution in [-0.2, 0) is 9.59 Å². The molecule has 3 rings (SSSR count). The van der Waals surface area contributed by atoms with Crippen LogP contribution in [0.1, 0.15) is 15.9 Å². The number of hydrogen-bond acceptors (Lipinski definition) is 8. The number of nitrogens with zero attached hydrogens (tertiary/aromatic N) is 2. The molecule has 2 N–H and O–H groups in total. The summed E-state index contributed by atoms with van der Waals surface area (Å²) in [5, 5.41) is 20.4. The summed E-state index contributed by atoms with van der Waals surface area (Å²) < 4.78 is 5.30. The molecule has 0 bridgehead atoms. The number of para-hydroxylation sites is 1. The molecule has 158 valence electrons. The number of benzene rings is 2. The third kappa shape index (κ3) is 5.24. The van der Waals surface area contributed by atoms with Gasteiger partial charge in [-0.05, 0) is 36.5 Å². The number of nitro groups is 1. The zero-order chi connectivity index (χ0) is 22.5. The summed E-state index contributed by atoms with van der Waals surface area (Å²) in [5.41, 5.74) is 2.78. The van der Waals surface area contributed by atoms with Crippen LogP contribution < -0.4 is 10.2 Å². The van der Waals surface area contributed by atoms with Crippen LogP contribution in [0.15, 0.2) is 53.4 Å². The molecule has 12 heteroatoms. The number of rotatable bonds is 7. The maximum atomic E-state index is 12.7. The number of nitrogens with one attached hydrogen (secondary N) is 1. The summed E-state index contributed by atoms with van der Waals surface area (Å²) in [7, 11) is 0. The topological polar surface area (TPSA) is 139 Å². The Morgan fingerprint density at radius 2 is 1.90 bits per heavy atom. The molecule has 0 saturated carbocycles. The second kappa shape index (κ2) is 9.36. The number of carboxylic acids is 1. The SMILES string of the molecule is O=C(O)COc1ccccc1/C=C1/SC(=S)N(NC(=O)c2ccc([N+](=O)[O-])cc2)C1=O. The van der Waals surface area contributed by atoms with Gasteiger partial charge in [0.15, 0.2) is 10.9 Å². The van der Waals surface area contributed by atoms with Crippen LogP contribution in [0.5, 0.6) is 5.75 Å². The minimum absolute atomic E-state index is 0.0791. The van der Waals surface area contributed by atoms with Crippen LogP contribution in [0.2, 0.25) is 0 Å². The lowest BCUT2D eigenvalue weighted by Crippen LogP contribution is -2.44. The van der Waals surface area contributed by atoms with E-state index in [1.165, 1.54) is 30.3 Å². The zero-order valence-corrected chi connectivity index (χ0v) is 17.1. The third-order valence-corrected chi connectivity index (χ3v) is 5.21. The zero-order valence-electron chi connectivity index (χ0n) is 15.5. The Labute approximate surface area is 184 Å². The van der Waals surface area contributed by atoms with Gasteiger partial charge in [0, 0.05) is 23.3 Å². The molecule has 10 nitrogen and oxygen atoms in total. The molecular formula is C19H13N3O7S2. The van der Waals surface area contributed by atoms with Gasteiger partial charge in [0.05, 0.1) is 9.83 Å². The predicted octanol–water partition coefficient (Wildman–Crippen LogP) is 2.60. The van der Waals surface area contributed by atoms with Gasteiger partial charge < -0.3 is 9.84 Å². The van der Waals surface area contributed by atoms with E-state index in [0.29, 0.717) is 5.56 Å². The molecule has 1 saturated heterocycles. The molecule has 0 aromatic heterocycles. The fourth-order valence-corrected chi connectivity index (χ4v) is 3.65. The highest BCUT2D eigenvalue weighted by Gasteiger charge is 2.34. The quantitative estimate of drug-likeness (QED) is 0.277. The van der Waals surface area contributed by atoms with Crippen LogP contribution >= 0.6 is 24.0 Å². The van der Waals surface area contributed by atoms with Crippen molar-refractivity contribution in [2.75, 3.05) is 6.61 Å². The number of thiocarbonyl (C=S) groups is 1. The molecule has 1 fully saturated rings. The van der Waals surface area contributed by atoms with Crippen molar-refractivity contribution in [1.29, 1.82) is 0 Å². The van der Waals surface area contributed by atoms with E-state index in [1.54, 1.807) is 24.3 Å². The second-order valence-corrected chi connectivity index (χ2v) is 7.66. The van der Waals surface area contributed by atoms with Crippen LogP contribution in [0.3, 0.4) is 0 Å². The Morgan fingerprint density at radius 1 is 1.23 bits per heavy atom. The Balaban J connectivity index is 1.76. The molecular weight excluding hydrogens is 446 g/mol. The van der Waals surface area contributed by atoms with Crippen LogP contribution in [0.25, 0.3) is 6.08 Å². The summed E-state index contributed by atoms with van der Waals surface area (Å²) in [4.78, 5) is 46.2. The number of carbonyl (C=O) groups is 3. The van der Waals surface area contributed by atoms with E-state index < -0.39 is 29.3 Å². The third-order valence-electron chi connectivity index (χ3n) is 3.90. The molecule has 0 atom stereocenters. The van der Waals surface area contributed by atoms with Gasteiger partial charge in [0.1, 0.15) is 5.75 Å². The lowest BCUT2D eigenvalue weighted by Gasteiger charge is -2.15. The van der Waals surface area contributed by atoms with E-state index in [4.69, 9.17) is 22.1 Å². The molecule has 1 aliphatic rings. The van der Waals surface area contributed by atoms with Gasteiger partial charge in [0.2, 0.25) is 0 Å². The first-order valence-corrected chi connectivity index (χ1v) is 9.76. The van der Waals surface area contributed by atoms with Crippen molar-refractivity contribution in [2.45, 2.75) is 0 Å². The number of aliphatic carboxylic acids is 1. The van der Waals surface area contributed by atoms with Crippen LogP contribution in [0, 0.1) is 10.1 Å².